The van der Waals surface area contributed by atoms with E-state index in [4.69, 9.17) is 11.6 Å². The molecule has 0 N–H and O–H groups in total. The first-order valence-corrected chi connectivity index (χ1v) is 7.99. The first-order chi connectivity index (χ1) is 10.7. The van der Waals surface area contributed by atoms with Gasteiger partial charge in [0.1, 0.15) is 6.04 Å². The molecule has 124 valence electrons. The van der Waals surface area contributed by atoms with Crippen LogP contribution in [0.2, 0.25) is 5.02 Å². The van der Waals surface area contributed by atoms with Crippen molar-refractivity contribution in [2.45, 2.75) is 52.1 Å². The second kappa shape index (κ2) is 6.32. The van der Waals surface area contributed by atoms with Gasteiger partial charge in [-0.15, -0.1) is 0 Å². The number of carbonyl (C=O) groups excluding carboxylic acids is 3. The van der Waals surface area contributed by atoms with Gasteiger partial charge in [-0.05, 0) is 44.5 Å². The fourth-order valence-electron chi connectivity index (χ4n) is 2.92. The van der Waals surface area contributed by atoms with Gasteiger partial charge in [0.2, 0.25) is 11.8 Å². The summed E-state index contributed by atoms with van der Waals surface area (Å²) < 4.78 is 0. The number of rotatable bonds is 4. The summed E-state index contributed by atoms with van der Waals surface area (Å²) in [5.41, 5.74) is -0.0210. The highest BCUT2D eigenvalue weighted by molar-refractivity contribution is 6.30. The molecule has 1 fully saturated rings. The quantitative estimate of drug-likeness (QED) is 0.794. The first-order valence-electron chi connectivity index (χ1n) is 7.61. The third-order valence-electron chi connectivity index (χ3n) is 4.38. The first kappa shape index (κ1) is 17.5. The van der Waals surface area contributed by atoms with Crippen molar-refractivity contribution in [1.29, 1.82) is 0 Å². The Labute approximate surface area is 141 Å². The van der Waals surface area contributed by atoms with Crippen LogP contribution in [0.3, 0.4) is 0 Å². The zero-order valence-corrected chi connectivity index (χ0v) is 14.6. The number of amides is 3. The molecule has 0 aromatic heterocycles. The fraction of sp³-hybridized carbons (Fsp3) is 0.471. The van der Waals surface area contributed by atoms with Crippen molar-refractivity contribution in [2.24, 2.45) is 0 Å². The number of carbonyl (C=O) groups is 3. The maximum atomic E-state index is 12.8. The van der Waals surface area contributed by atoms with E-state index in [1.807, 2.05) is 20.8 Å². The maximum absolute atomic E-state index is 12.8. The lowest BCUT2D eigenvalue weighted by Crippen LogP contribution is -2.54. The van der Waals surface area contributed by atoms with Gasteiger partial charge in [-0.25, -0.2) is 4.90 Å². The van der Waals surface area contributed by atoms with E-state index in [0.717, 1.165) is 4.90 Å². The minimum absolute atomic E-state index is 0.00443. The Kier molecular flexibility index (Phi) is 4.80. The summed E-state index contributed by atoms with van der Waals surface area (Å²) in [5.74, 6) is -0.879. The minimum Gasteiger partial charge on any atom is -0.325 e. The Morgan fingerprint density at radius 2 is 1.87 bits per heavy atom. The van der Waals surface area contributed by atoms with Gasteiger partial charge < -0.3 is 4.90 Å². The van der Waals surface area contributed by atoms with Crippen molar-refractivity contribution >= 4 is 35.0 Å². The summed E-state index contributed by atoms with van der Waals surface area (Å²) in [6, 6.07) is 5.76. The van der Waals surface area contributed by atoms with Crippen LogP contribution in [0.5, 0.6) is 0 Å². The number of halogens is 1. The second-order valence-corrected chi connectivity index (χ2v) is 6.76. The van der Waals surface area contributed by atoms with Crippen LogP contribution in [0.15, 0.2) is 24.3 Å². The average Bonchev–Trinajstić information content (AvgIpc) is 2.75. The molecule has 1 saturated heterocycles. The van der Waals surface area contributed by atoms with Gasteiger partial charge in [-0.1, -0.05) is 18.5 Å². The molecule has 0 saturated carbocycles. The molecular weight excluding hydrogens is 316 g/mol. The largest absolute Gasteiger partial charge is 0.325 e. The molecule has 1 aromatic carbocycles. The number of benzene rings is 1. The summed E-state index contributed by atoms with van der Waals surface area (Å²) in [7, 11) is 0. The highest BCUT2D eigenvalue weighted by atomic mass is 35.5. The molecule has 23 heavy (non-hydrogen) atoms. The Morgan fingerprint density at radius 3 is 2.35 bits per heavy atom. The van der Waals surface area contributed by atoms with Crippen molar-refractivity contribution in [3.05, 3.63) is 29.3 Å². The van der Waals surface area contributed by atoms with Gasteiger partial charge in [0.15, 0.2) is 0 Å². The molecule has 1 heterocycles. The number of imide groups is 1. The van der Waals surface area contributed by atoms with Gasteiger partial charge >= 0.3 is 0 Å². The van der Waals surface area contributed by atoms with E-state index in [0.29, 0.717) is 17.1 Å². The summed E-state index contributed by atoms with van der Waals surface area (Å²) >= 11 is 5.85. The van der Waals surface area contributed by atoms with Crippen molar-refractivity contribution < 1.29 is 14.4 Å². The molecule has 5 nitrogen and oxygen atoms in total. The van der Waals surface area contributed by atoms with E-state index in [2.05, 4.69) is 0 Å². The van der Waals surface area contributed by atoms with Crippen LogP contribution in [0.4, 0.5) is 5.69 Å². The van der Waals surface area contributed by atoms with Crippen molar-refractivity contribution in [3.63, 3.8) is 0 Å². The molecule has 0 aliphatic carbocycles. The average molecular weight is 337 g/mol. The van der Waals surface area contributed by atoms with Gasteiger partial charge in [0, 0.05) is 17.5 Å². The molecule has 1 aliphatic rings. The normalized spacial score (nSPS) is 18.5. The molecule has 6 heteroatoms. The molecule has 0 radical (unpaired) electrons. The minimum atomic E-state index is -0.759. The third kappa shape index (κ3) is 3.24. The zero-order chi connectivity index (χ0) is 17.4. The van der Waals surface area contributed by atoms with Gasteiger partial charge in [-0.3, -0.25) is 14.4 Å². The number of anilines is 1. The Bertz CT molecular complexity index is 640. The third-order valence-corrected chi connectivity index (χ3v) is 4.63. The Hall–Kier alpha value is -1.88. The van der Waals surface area contributed by atoms with Crippen LogP contribution < -0.4 is 4.90 Å². The highest BCUT2D eigenvalue weighted by Crippen LogP contribution is 2.31. The van der Waals surface area contributed by atoms with Crippen LogP contribution in [-0.2, 0) is 14.4 Å². The Balaban J connectivity index is 2.36. The maximum Gasteiger partial charge on any atom is 0.257 e. The Morgan fingerprint density at radius 1 is 1.30 bits per heavy atom. The molecule has 2 rings (SSSR count). The standard InChI is InChI=1S/C17H21ClN2O3/c1-5-17(3,4)20(11(2)21)14-10-15(22)19(16(14)23)13-8-6-12(18)7-9-13/h6-9,14H,5,10H2,1-4H3. The van der Waals surface area contributed by atoms with Crippen LogP contribution >= 0.6 is 11.6 Å². The van der Waals surface area contributed by atoms with E-state index in [1.165, 1.54) is 11.8 Å². The molecule has 0 bridgehead atoms. The molecule has 3 amide bonds. The van der Waals surface area contributed by atoms with Gasteiger partial charge in [0.05, 0.1) is 12.1 Å². The predicted octanol–water partition coefficient (Wildman–Crippen LogP) is 3.01. The predicted molar refractivity (Wildman–Crippen MR) is 89.2 cm³/mol. The van der Waals surface area contributed by atoms with Crippen molar-refractivity contribution in [2.75, 3.05) is 4.90 Å². The van der Waals surface area contributed by atoms with E-state index in [1.54, 1.807) is 24.3 Å². The molecular formula is C17H21ClN2O3. The summed E-state index contributed by atoms with van der Waals surface area (Å²) in [4.78, 5) is 39.9. The van der Waals surface area contributed by atoms with E-state index in [9.17, 15) is 14.4 Å². The monoisotopic (exact) mass is 336 g/mol. The van der Waals surface area contributed by atoms with Crippen LogP contribution in [-0.4, -0.2) is 34.2 Å². The lowest BCUT2D eigenvalue weighted by molar-refractivity contribution is -0.142. The molecule has 1 atom stereocenters. The van der Waals surface area contributed by atoms with Crippen LogP contribution in [0.25, 0.3) is 0 Å². The smallest absolute Gasteiger partial charge is 0.257 e. The highest BCUT2D eigenvalue weighted by Gasteiger charge is 2.47. The van der Waals surface area contributed by atoms with Crippen LogP contribution in [0.1, 0.15) is 40.5 Å². The number of hydrogen-bond donors (Lipinski definition) is 0. The lowest BCUT2D eigenvalue weighted by atomic mass is 9.96. The number of hydrogen-bond acceptors (Lipinski definition) is 3. The SMILES string of the molecule is CCC(C)(C)N(C(C)=O)C1CC(=O)N(c2ccc(Cl)cc2)C1=O. The van der Waals surface area contributed by atoms with Crippen LogP contribution in [0, 0.1) is 0 Å². The summed E-state index contributed by atoms with van der Waals surface area (Å²) in [6.45, 7) is 7.18. The van der Waals surface area contributed by atoms with E-state index in [-0.39, 0.29) is 24.1 Å². The summed E-state index contributed by atoms with van der Waals surface area (Å²) in [5, 5.41) is 0.530. The fourth-order valence-corrected chi connectivity index (χ4v) is 3.04. The van der Waals surface area contributed by atoms with E-state index >= 15 is 0 Å². The second-order valence-electron chi connectivity index (χ2n) is 6.32. The molecule has 1 aliphatic heterocycles. The number of nitrogens with zero attached hydrogens (tertiary/aromatic N) is 2. The van der Waals surface area contributed by atoms with Gasteiger partial charge in [-0.2, -0.15) is 0 Å². The van der Waals surface area contributed by atoms with E-state index < -0.39 is 11.6 Å². The van der Waals surface area contributed by atoms with Crippen molar-refractivity contribution in [3.8, 4) is 0 Å². The summed E-state index contributed by atoms with van der Waals surface area (Å²) in [6.07, 6.45) is 0.690. The topological polar surface area (TPSA) is 57.7 Å². The molecule has 1 unspecified atom stereocenters. The molecule has 1 aromatic rings. The van der Waals surface area contributed by atoms with Crippen molar-refractivity contribution in [1.82, 2.24) is 4.90 Å². The van der Waals surface area contributed by atoms with Gasteiger partial charge in [0.25, 0.3) is 5.91 Å². The lowest BCUT2D eigenvalue weighted by Gasteiger charge is -2.40. The zero-order valence-electron chi connectivity index (χ0n) is 13.8. The molecule has 0 spiro atoms.